The maximum Gasteiger partial charge on any atom is 0.190 e. The van der Waals surface area contributed by atoms with Crippen molar-refractivity contribution in [1.29, 1.82) is 0 Å². The average Bonchev–Trinajstić information content (AvgIpc) is 3.03. The summed E-state index contributed by atoms with van der Waals surface area (Å²) in [7, 11) is 1.78. The van der Waals surface area contributed by atoms with Crippen LogP contribution in [-0.2, 0) is 19.3 Å². The zero-order valence-corrected chi connectivity index (χ0v) is 17.8. The number of aromatic nitrogens is 2. The summed E-state index contributed by atoms with van der Waals surface area (Å²) in [5, 5.41) is 10.4. The number of nitrogens with zero attached hydrogens (tertiary/aromatic N) is 3. The number of pyridine rings is 1. The van der Waals surface area contributed by atoms with Crippen LogP contribution in [0.15, 0.2) is 28.7 Å². The molecule has 0 fully saturated rings. The number of guanidine groups is 1. The molecule has 2 N–H and O–H groups in total. The predicted octanol–water partition coefficient (Wildman–Crippen LogP) is 3.32. The molecule has 0 radical (unpaired) electrons. The Labute approximate surface area is 169 Å². The monoisotopic (exact) mass is 479 g/mol. The first-order chi connectivity index (χ1) is 11.2. The first-order valence-electron chi connectivity index (χ1n) is 7.69. The molecule has 8 heteroatoms. The lowest BCUT2D eigenvalue weighted by Crippen LogP contribution is -2.39. The second-order valence-corrected chi connectivity index (χ2v) is 6.33. The molecule has 0 unspecified atom stereocenters. The van der Waals surface area contributed by atoms with Crippen molar-refractivity contribution in [2.75, 3.05) is 20.1 Å². The van der Waals surface area contributed by atoms with Crippen LogP contribution < -0.4 is 10.6 Å². The van der Waals surface area contributed by atoms with Crippen LogP contribution in [0, 0.1) is 0 Å². The van der Waals surface area contributed by atoms with E-state index in [9.17, 15) is 0 Å². The number of nitrogens with one attached hydrogen (secondary N) is 2. The van der Waals surface area contributed by atoms with Gasteiger partial charge in [-0.2, -0.15) is 0 Å². The summed E-state index contributed by atoms with van der Waals surface area (Å²) in [5.41, 5.74) is 2.29. The summed E-state index contributed by atoms with van der Waals surface area (Å²) >= 11 is 7.50. The molecule has 2 heterocycles. The molecule has 0 saturated heterocycles. The van der Waals surface area contributed by atoms with Crippen molar-refractivity contribution in [3.63, 3.8) is 0 Å². The van der Waals surface area contributed by atoms with Gasteiger partial charge < -0.3 is 10.6 Å². The predicted molar refractivity (Wildman–Crippen MR) is 113 cm³/mol. The van der Waals surface area contributed by atoms with E-state index in [2.05, 4.69) is 37.9 Å². The Kier molecular flexibility index (Phi) is 10.2. The molecule has 2 rings (SSSR count). The highest BCUT2D eigenvalue weighted by Crippen LogP contribution is 2.10. The quantitative estimate of drug-likeness (QED) is 0.277. The molecule has 0 atom stereocenters. The van der Waals surface area contributed by atoms with Crippen LogP contribution in [0.25, 0.3) is 0 Å². The summed E-state index contributed by atoms with van der Waals surface area (Å²) in [6.45, 7) is 3.73. The van der Waals surface area contributed by atoms with Gasteiger partial charge in [-0.3, -0.25) is 4.99 Å². The fraction of sp³-hybridized carbons (Fsp3) is 0.438. The third-order valence-electron chi connectivity index (χ3n) is 3.29. The van der Waals surface area contributed by atoms with Crippen molar-refractivity contribution in [2.45, 2.75) is 26.2 Å². The lowest BCUT2D eigenvalue weighted by molar-refractivity contribution is 0.775. The van der Waals surface area contributed by atoms with Crippen LogP contribution in [-0.4, -0.2) is 36.1 Å². The topological polar surface area (TPSA) is 62.2 Å². The molecular formula is C16H23ClIN5S. The molecule has 2 aromatic heterocycles. The lowest BCUT2D eigenvalue weighted by atomic mass is 10.2. The minimum atomic E-state index is 0. The van der Waals surface area contributed by atoms with E-state index in [4.69, 9.17) is 11.6 Å². The van der Waals surface area contributed by atoms with Gasteiger partial charge in [0.1, 0.15) is 5.15 Å². The molecule has 0 spiro atoms. The van der Waals surface area contributed by atoms with E-state index in [0.717, 1.165) is 49.6 Å². The standard InChI is InChI=1S/C16H22ClN5S.HI/c1-3-15-22-13(11-23-15)7-9-20-16(18-2)19-8-6-12-4-5-14(17)21-10-12;/h4-5,10-11H,3,6-9H2,1-2H3,(H2,18,19,20);1H. The van der Waals surface area contributed by atoms with Crippen LogP contribution in [0.4, 0.5) is 0 Å². The highest BCUT2D eigenvalue weighted by atomic mass is 127. The van der Waals surface area contributed by atoms with Crippen molar-refractivity contribution >= 4 is 52.9 Å². The zero-order valence-electron chi connectivity index (χ0n) is 13.9. The summed E-state index contributed by atoms with van der Waals surface area (Å²) < 4.78 is 0. The van der Waals surface area contributed by atoms with Gasteiger partial charge in [0.25, 0.3) is 0 Å². The number of hydrogen-bond acceptors (Lipinski definition) is 4. The molecule has 0 amide bonds. The van der Waals surface area contributed by atoms with E-state index in [1.165, 1.54) is 5.01 Å². The van der Waals surface area contributed by atoms with Crippen molar-refractivity contribution in [2.24, 2.45) is 4.99 Å². The van der Waals surface area contributed by atoms with Crippen LogP contribution >= 0.6 is 46.9 Å². The summed E-state index contributed by atoms with van der Waals surface area (Å²) in [5.74, 6) is 0.804. The van der Waals surface area contributed by atoms with E-state index in [1.54, 1.807) is 24.6 Å². The molecule has 0 aliphatic carbocycles. The van der Waals surface area contributed by atoms with Crippen molar-refractivity contribution in [3.8, 4) is 0 Å². The van der Waals surface area contributed by atoms with Gasteiger partial charge in [0.15, 0.2) is 5.96 Å². The minimum Gasteiger partial charge on any atom is -0.356 e. The number of hydrogen-bond donors (Lipinski definition) is 2. The molecule has 0 aliphatic rings. The Hall–Kier alpha value is -0.930. The van der Waals surface area contributed by atoms with Crippen LogP contribution in [0.1, 0.15) is 23.2 Å². The fourth-order valence-electron chi connectivity index (χ4n) is 2.04. The minimum absolute atomic E-state index is 0. The van der Waals surface area contributed by atoms with Crippen LogP contribution in [0.5, 0.6) is 0 Å². The summed E-state index contributed by atoms with van der Waals surface area (Å²) in [4.78, 5) is 12.9. The van der Waals surface area contributed by atoms with E-state index in [0.29, 0.717) is 5.15 Å². The van der Waals surface area contributed by atoms with Gasteiger partial charge in [0.05, 0.1) is 10.7 Å². The number of rotatable bonds is 7. The Morgan fingerprint density at radius 2 is 2.00 bits per heavy atom. The Morgan fingerprint density at radius 1 is 1.25 bits per heavy atom. The second-order valence-electron chi connectivity index (χ2n) is 5.00. The average molecular weight is 480 g/mol. The summed E-state index contributed by atoms with van der Waals surface area (Å²) in [6.07, 6.45) is 4.57. The van der Waals surface area contributed by atoms with Gasteiger partial charge in [-0.1, -0.05) is 24.6 Å². The van der Waals surface area contributed by atoms with E-state index in [1.807, 2.05) is 12.1 Å². The van der Waals surface area contributed by atoms with E-state index in [-0.39, 0.29) is 24.0 Å². The van der Waals surface area contributed by atoms with Gasteiger partial charge in [0.2, 0.25) is 0 Å². The fourth-order valence-corrected chi connectivity index (χ4v) is 2.93. The molecule has 0 aliphatic heterocycles. The normalized spacial score (nSPS) is 11.0. The number of halogens is 2. The number of aryl methyl sites for hydroxylation is 1. The molecule has 24 heavy (non-hydrogen) atoms. The Bertz CT molecular complexity index is 630. The van der Waals surface area contributed by atoms with Crippen LogP contribution in [0.3, 0.4) is 0 Å². The van der Waals surface area contributed by atoms with Crippen molar-refractivity contribution in [1.82, 2.24) is 20.6 Å². The van der Waals surface area contributed by atoms with Gasteiger partial charge in [0, 0.05) is 38.1 Å². The van der Waals surface area contributed by atoms with Crippen molar-refractivity contribution < 1.29 is 0 Å². The molecule has 0 aromatic carbocycles. The Balaban J connectivity index is 0.00000288. The van der Waals surface area contributed by atoms with E-state index >= 15 is 0 Å². The third kappa shape index (κ3) is 7.31. The number of aliphatic imine (C=N–C) groups is 1. The van der Waals surface area contributed by atoms with Gasteiger partial charge in [-0.25, -0.2) is 9.97 Å². The van der Waals surface area contributed by atoms with Gasteiger partial charge >= 0.3 is 0 Å². The van der Waals surface area contributed by atoms with Crippen LogP contribution in [0.2, 0.25) is 5.15 Å². The molecular weight excluding hydrogens is 457 g/mol. The molecule has 132 valence electrons. The lowest BCUT2D eigenvalue weighted by Gasteiger charge is -2.11. The first kappa shape index (κ1) is 21.1. The van der Waals surface area contributed by atoms with Crippen molar-refractivity contribution in [3.05, 3.63) is 45.1 Å². The molecule has 0 bridgehead atoms. The SMILES string of the molecule is CCc1nc(CCNC(=NC)NCCc2ccc(Cl)nc2)cs1.I. The van der Waals surface area contributed by atoms with Gasteiger partial charge in [-0.15, -0.1) is 35.3 Å². The zero-order chi connectivity index (χ0) is 16.5. The maximum atomic E-state index is 5.78. The first-order valence-corrected chi connectivity index (χ1v) is 8.95. The molecule has 2 aromatic rings. The highest BCUT2D eigenvalue weighted by molar-refractivity contribution is 14.0. The maximum absolute atomic E-state index is 5.78. The number of thiazole rings is 1. The van der Waals surface area contributed by atoms with E-state index < -0.39 is 0 Å². The summed E-state index contributed by atoms with van der Waals surface area (Å²) in [6, 6.07) is 3.79. The largest absolute Gasteiger partial charge is 0.356 e. The highest BCUT2D eigenvalue weighted by Gasteiger charge is 2.02. The molecule has 0 saturated carbocycles. The smallest absolute Gasteiger partial charge is 0.190 e. The third-order valence-corrected chi connectivity index (χ3v) is 4.56. The molecule has 5 nitrogen and oxygen atoms in total. The Morgan fingerprint density at radius 3 is 2.58 bits per heavy atom. The van der Waals surface area contributed by atoms with Gasteiger partial charge in [-0.05, 0) is 24.5 Å². The second kappa shape index (κ2) is 11.6.